The first kappa shape index (κ1) is 9.49. The highest BCUT2D eigenvalue weighted by Crippen LogP contribution is 2.30. The van der Waals surface area contributed by atoms with Crippen LogP contribution in [0.5, 0.6) is 0 Å². The minimum absolute atomic E-state index is 0.461. The Kier molecular flexibility index (Phi) is 2.22. The van der Waals surface area contributed by atoms with Crippen LogP contribution in [-0.2, 0) is 12.7 Å². The van der Waals surface area contributed by atoms with Crippen LogP contribution in [0.3, 0.4) is 0 Å². The van der Waals surface area contributed by atoms with Crippen LogP contribution in [0.4, 0.5) is 13.2 Å². The monoisotopic (exact) mass is 195 g/mol. The molecule has 0 saturated carbocycles. The highest BCUT2D eigenvalue weighted by atomic mass is 19.4. The third-order valence-electron chi connectivity index (χ3n) is 1.30. The average Bonchev–Trinajstić information content (AvgIpc) is 2.31. The zero-order valence-corrected chi connectivity index (χ0v) is 6.13. The lowest BCUT2D eigenvalue weighted by Crippen LogP contribution is -2.11. The van der Waals surface area contributed by atoms with E-state index in [1.54, 1.807) is 5.10 Å². The highest BCUT2D eigenvalue weighted by molar-refractivity contribution is 5.17. The minimum Gasteiger partial charge on any atom is -0.273 e. The van der Waals surface area contributed by atoms with Crippen LogP contribution in [0.25, 0.3) is 0 Å². The summed E-state index contributed by atoms with van der Waals surface area (Å²) in [5.41, 5.74) is -1.62. The maximum Gasteiger partial charge on any atom is 0.433 e. The number of alkyl halides is 3. The Labute approximate surface area is 69.7 Å². The molecule has 13 heavy (non-hydrogen) atoms. The van der Waals surface area contributed by atoms with Crippen LogP contribution in [0, 0.1) is 10.1 Å². The maximum atomic E-state index is 12.0. The molecule has 1 rings (SSSR count). The van der Waals surface area contributed by atoms with Crippen molar-refractivity contribution in [2.24, 2.45) is 0 Å². The number of nitro groups is 1. The molecule has 1 aromatic rings. The van der Waals surface area contributed by atoms with Gasteiger partial charge in [0.05, 0.1) is 11.8 Å². The Balaban J connectivity index is 2.96. The smallest absolute Gasteiger partial charge is 0.273 e. The number of halogens is 3. The first-order valence-corrected chi connectivity index (χ1v) is 3.12. The molecule has 0 atom stereocenters. The van der Waals surface area contributed by atoms with Crippen molar-refractivity contribution in [1.82, 2.24) is 10.2 Å². The van der Waals surface area contributed by atoms with E-state index in [1.165, 1.54) is 0 Å². The summed E-state index contributed by atoms with van der Waals surface area (Å²) in [5.74, 6) is 0. The SMILES string of the molecule is O=[N+]([O-])Cc1cn[nH]c1C(F)(F)F. The highest BCUT2D eigenvalue weighted by Gasteiger charge is 2.36. The molecule has 0 aromatic carbocycles. The molecule has 1 aromatic heterocycles. The van der Waals surface area contributed by atoms with Crippen LogP contribution in [0.2, 0.25) is 0 Å². The molecule has 0 saturated heterocycles. The lowest BCUT2D eigenvalue weighted by Gasteiger charge is -2.03. The maximum absolute atomic E-state index is 12.0. The first-order chi connectivity index (χ1) is 5.91. The predicted molar refractivity (Wildman–Crippen MR) is 34.3 cm³/mol. The molecule has 1 N–H and O–H groups in total. The molecule has 0 fully saturated rings. The molecule has 0 spiro atoms. The van der Waals surface area contributed by atoms with Gasteiger partial charge in [0.2, 0.25) is 6.54 Å². The Morgan fingerprint density at radius 2 is 2.23 bits per heavy atom. The summed E-state index contributed by atoms with van der Waals surface area (Å²) in [4.78, 5) is 9.10. The van der Waals surface area contributed by atoms with E-state index in [2.05, 4.69) is 5.10 Å². The fraction of sp³-hybridized carbons (Fsp3) is 0.400. The van der Waals surface area contributed by atoms with Gasteiger partial charge in [0.15, 0.2) is 0 Å². The second-order valence-electron chi connectivity index (χ2n) is 2.26. The van der Waals surface area contributed by atoms with Crippen LogP contribution >= 0.6 is 0 Å². The van der Waals surface area contributed by atoms with Gasteiger partial charge in [0.25, 0.3) is 0 Å². The van der Waals surface area contributed by atoms with Crippen LogP contribution in [0.1, 0.15) is 11.3 Å². The summed E-state index contributed by atoms with van der Waals surface area (Å²) in [7, 11) is 0. The first-order valence-electron chi connectivity index (χ1n) is 3.12. The number of aromatic amines is 1. The van der Waals surface area contributed by atoms with Crippen molar-refractivity contribution in [3.63, 3.8) is 0 Å². The number of hydrogen-bond acceptors (Lipinski definition) is 3. The van der Waals surface area contributed by atoms with Gasteiger partial charge >= 0.3 is 6.18 Å². The molecule has 8 heteroatoms. The molecule has 0 radical (unpaired) electrons. The van der Waals surface area contributed by atoms with Gasteiger partial charge in [-0.3, -0.25) is 15.2 Å². The van der Waals surface area contributed by atoms with Gasteiger partial charge in [-0.15, -0.1) is 0 Å². The molecule has 0 bridgehead atoms. The van der Waals surface area contributed by atoms with Crippen molar-refractivity contribution in [1.29, 1.82) is 0 Å². The fourth-order valence-electron chi connectivity index (χ4n) is 0.816. The van der Waals surface area contributed by atoms with Gasteiger partial charge in [-0.05, 0) is 0 Å². The van der Waals surface area contributed by atoms with Crippen LogP contribution in [-0.4, -0.2) is 15.1 Å². The average molecular weight is 195 g/mol. The van der Waals surface area contributed by atoms with Gasteiger partial charge in [0.1, 0.15) is 5.69 Å². The van der Waals surface area contributed by atoms with Crippen LogP contribution in [0.15, 0.2) is 6.20 Å². The number of rotatable bonds is 2. The summed E-state index contributed by atoms with van der Waals surface area (Å²) in [6, 6.07) is 0. The number of nitrogens with one attached hydrogen (secondary N) is 1. The number of nitrogens with zero attached hydrogens (tertiary/aromatic N) is 2. The molecule has 0 amide bonds. The number of H-pyrrole nitrogens is 1. The Morgan fingerprint density at radius 1 is 1.62 bits per heavy atom. The van der Waals surface area contributed by atoms with E-state index in [4.69, 9.17) is 0 Å². The lowest BCUT2D eigenvalue weighted by atomic mass is 10.2. The van der Waals surface area contributed by atoms with E-state index in [0.29, 0.717) is 0 Å². The summed E-state index contributed by atoms with van der Waals surface area (Å²) >= 11 is 0. The van der Waals surface area contributed by atoms with Crippen molar-refractivity contribution in [2.75, 3.05) is 0 Å². The molecule has 0 aliphatic heterocycles. The Bertz CT molecular complexity index is 319. The van der Waals surface area contributed by atoms with E-state index in [-0.39, 0.29) is 0 Å². The molecule has 5 nitrogen and oxygen atoms in total. The third-order valence-corrected chi connectivity index (χ3v) is 1.30. The Morgan fingerprint density at radius 3 is 2.69 bits per heavy atom. The van der Waals surface area contributed by atoms with Gasteiger partial charge in [-0.2, -0.15) is 18.3 Å². The summed E-state index contributed by atoms with van der Waals surface area (Å²) in [6.07, 6.45) is -3.83. The Hall–Kier alpha value is -1.60. The molecule has 1 heterocycles. The number of hydrogen-bond donors (Lipinski definition) is 1. The van der Waals surface area contributed by atoms with E-state index in [1.807, 2.05) is 0 Å². The van der Waals surface area contributed by atoms with Gasteiger partial charge in [-0.25, -0.2) is 0 Å². The molecular weight excluding hydrogens is 191 g/mol. The fourth-order valence-corrected chi connectivity index (χ4v) is 0.816. The van der Waals surface area contributed by atoms with E-state index in [0.717, 1.165) is 6.20 Å². The minimum atomic E-state index is -4.62. The molecule has 72 valence electrons. The summed E-state index contributed by atoms with van der Waals surface area (Å²) < 4.78 is 36.1. The van der Waals surface area contributed by atoms with Gasteiger partial charge in [-0.1, -0.05) is 0 Å². The standard InChI is InChI=1S/C5H4F3N3O2/c6-5(7,8)4-3(1-9-10-4)2-11(12)13/h1H,2H2,(H,9,10). The topological polar surface area (TPSA) is 71.8 Å². The van der Waals surface area contributed by atoms with Crippen molar-refractivity contribution < 1.29 is 18.1 Å². The second-order valence-corrected chi connectivity index (χ2v) is 2.26. The van der Waals surface area contributed by atoms with Gasteiger partial charge in [0, 0.05) is 4.92 Å². The summed E-state index contributed by atoms with van der Waals surface area (Å²) in [6.45, 7) is -0.884. The molecule has 0 aliphatic carbocycles. The zero-order chi connectivity index (χ0) is 10.1. The predicted octanol–water partition coefficient (Wildman–Crippen LogP) is 1.21. The van der Waals surface area contributed by atoms with E-state index in [9.17, 15) is 23.3 Å². The largest absolute Gasteiger partial charge is 0.433 e. The van der Waals surface area contributed by atoms with E-state index < -0.39 is 28.9 Å². The second kappa shape index (κ2) is 3.04. The van der Waals surface area contributed by atoms with E-state index >= 15 is 0 Å². The molecule has 0 aliphatic rings. The quantitative estimate of drug-likeness (QED) is 0.569. The molecular formula is C5H4F3N3O2. The summed E-state index contributed by atoms with van der Waals surface area (Å²) in [5, 5.41) is 14.7. The van der Waals surface area contributed by atoms with Crippen molar-refractivity contribution in [3.8, 4) is 0 Å². The third kappa shape index (κ3) is 2.17. The number of aromatic nitrogens is 2. The van der Waals surface area contributed by atoms with Crippen LogP contribution < -0.4 is 0 Å². The lowest BCUT2D eigenvalue weighted by molar-refractivity contribution is -0.497. The van der Waals surface area contributed by atoms with Crippen molar-refractivity contribution >= 4 is 0 Å². The molecule has 0 unspecified atom stereocenters. The normalized spacial score (nSPS) is 11.6. The van der Waals surface area contributed by atoms with Crippen molar-refractivity contribution in [3.05, 3.63) is 27.6 Å². The van der Waals surface area contributed by atoms with Crippen molar-refractivity contribution in [2.45, 2.75) is 12.7 Å². The van der Waals surface area contributed by atoms with Gasteiger partial charge < -0.3 is 0 Å². The zero-order valence-electron chi connectivity index (χ0n) is 6.13.